The molecule has 1 fully saturated rings. The third-order valence-electron chi connectivity index (χ3n) is 3.96. The predicted molar refractivity (Wildman–Crippen MR) is 79.6 cm³/mol. The Bertz CT molecular complexity index is 466. The number of nitrogens with one attached hydrogen (secondary N) is 1. The molecular formula is C14H21ClN4O. The Kier molecular flexibility index (Phi) is 4.94. The average molecular weight is 297 g/mol. The SMILES string of the molecule is Cc1cc(Cl)nc(NC(=O)CC2(CN)CCCCC2)n1. The molecule has 0 saturated heterocycles. The van der Waals surface area contributed by atoms with Gasteiger partial charge >= 0.3 is 0 Å². The van der Waals surface area contributed by atoms with E-state index in [1.165, 1.54) is 6.42 Å². The van der Waals surface area contributed by atoms with Crippen LogP contribution in [0.4, 0.5) is 5.95 Å². The molecular weight excluding hydrogens is 276 g/mol. The summed E-state index contributed by atoms with van der Waals surface area (Å²) in [5.74, 6) is 0.182. The zero-order valence-electron chi connectivity index (χ0n) is 11.8. The molecule has 1 heterocycles. The van der Waals surface area contributed by atoms with E-state index in [4.69, 9.17) is 17.3 Å². The van der Waals surface area contributed by atoms with E-state index in [2.05, 4.69) is 15.3 Å². The van der Waals surface area contributed by atoms with Crippen molar-refractivity contribution in [2.24, 2.45) is 11.1 Å². The van der Waals surface area contributed by atoms with Crippen molar-refractivity contribution in [3.05, 3.63) is 16.9 Å². The van der Waals surface area contributed by atoms with Gasteiger partial charge in [-0.25, -0.2) is 9.97 Å². The van der Waals surface area contributed by atoms with Crippen LogP contribution in [0.5, 0.6) is 0 Å². The van der Waals surface area contributed by atoms with Crippen molar-refractivity contribution in [3.8, 4) is 0 Å². The summed E-state index contributed by atoms with van der Waals surface area (Å²) >= 11 is 5.86. The summed E-state index contributed by atoms with van der Waals surface area (Å²) in [4.78, 5) is 20.3. The van der Waals surface area contributed by atoms with Crippen molar-refractivity contribution < 1.29 is 4.79 Å². The van der Waals surface area contributed by atoms with Crippen molar-refractivity contribution in [2.75, 3.05) is 11.9 Å². The second-order valence-corrected chi connectivity index (χ2v) is 6.03. The standard InChI is InChI=1S/C14H21ClN4O/c1-10-7-11(15)18-13(17-10)19-12(20)8-14(9-16)5-3-2-4-6-14/h7H,2-6,8-9,16H2,1H3,(H,17,18,19,20). The molecule has 6 heteroatoms. The van der Waals surface area contributed by atoms with Crippen LogP contribution in [0.15, 0.2) is 6.07 Å². The van der Waals surface area contributed by atoms with Gasteiger partial charge in [-0.3, -0.25) is 10.1 Å². The van der Waals surface area contributed by atoms with Crippen molar-refractivity contribution in [1.29, 1.82) is 0 Å². The summed E-state index contributed by atoms with van der Waals surface area (Å²) in [5.41, 5.74) is 6.56. The lowest BCUT2D eigenvalue weighted by Gasteiger charge is -2.35. The van der Waals surface area contributed by atoms with E-state index in [1.807, 2.05) is 6.92 Å². The van der Waals surface area contributed by atoms with Crippen LogP contribution in [0.1, 0.15) is 44.2 Å². The molecule has 5 nitrogen and oxygen atoms in total. The van der Waals surface area contributed by atoms with Gasteiger partial charge in [0, 0.05) is 12.1 Å². The Hall–Kier alpha value is -1.20. The minimum Gasteiger partial charge on any atom is -0.330 e. The molecule has 0 aromatic carbocycles. The molecule has 3 N–H and O–H groups in total. The molecule has 1 aromatic rings. The molecule has 1 aromatic heterocycles. The minimum absolute atomic E-state index is 0.0596. The number of nitrogens with zero attached hydrogens (tertiary/aromatic N) is 2. The van der Waals surface area contributed by atoms with Crippen molar-refractivity contribution in [1.82, 2.24) is 9.97 Å². The third kappa shape index (κ3) is 3.90. The molecule has 1 aliphatic rings. The lowest BCUT2D eigenvalue weighted by molar-refractivity contribution is -0.118. The number of carbonyl (C=O) groups is 1. The van der Waals surface area contributed by atoms with Crippen LogP contribution >= 0.6 is 11.6 Å². The molecule has 0 atom stereocenters. The molecule has 0 spiro atoms. The molecule has 2 rings (SSSR count). The summed E-state index contributed by atoms with van der Waals surface area (Å²) in [7, 11) is 0. The van der Waals surface area contributed by atoms with Crippen LogP contribution in [0, 0.1) is 12.3 Å². The van der Waals surface area contributed by atoms with Gasteiger partial charge in [-0.05, 0) is 37.8 Å². The first-order valence-corrected chi connectivity index (χ1v) is 7.42. The second kappa shape index (κ2) is 6.50. The van der Waals surface area contributed by atoms with Crippen LogP contribution < -0.4 is 11.1 Å². The highest BCUT2D eigenvalue weighted by atomic mass is 35.5. The number of halogens is 1. The minimum atomic E-state index is -0.0842. The maximum absolute atomic E-state index is 12.2. The summed E-state index contributed by atoms with van der Waals surface area (Å²) in [5, 5.41) is 3.06. The summed E-state index contributed by atoms with van der Waals surface area (Å²) in [6.45, 7) is 2.36. The number of anilines is 1. The third-order valence-corrected chi connectivity index (χ3v) is 4.15. The van der Waals surface area contributed by atoms with Crippen LogP contribution in [0.25, 0.3) is 0 Å². The van der Waals surface area contributed by atoms with Crippen LogP contribution in [-0.4, -0.2) is 22.4 Å². The summed E-state index contributed by atoms with van der Waals surface area (Å²) < 4.78 is 0. The molecule has 0 bridgehead atoms. The van der Waals surface area contributed by atoms with Crippen molar-refractivity contribution >= 4 is 23.5 Å². The highest BCUT2D eigenvalue weighted by Crippen LogP contribution is 2.38. The number of aromatic nitrogens is 2. The van der Waals surface area contributed by atoms with Gasteiger partial charge in [0.05, 0.1) is 0 Å². The van der Waals surface area contributed by atoms with Crippen molar-refractivity contribution in [3.63, 3.8) is 0 Å². The van der Waals surface area contributed by atoms with E-state index in [-0.39, 0.29) is 17.3 Å². The normalized spacial score (nSPS) is 17.8. The zero-order chi connectivity index (χ0) is 14.6. The van der Waals surface area contributed by atoms with E-state index in [1.54, 1.807) is 6.07 Å². The first-order chi connectivity index (χ1) is 9.53. The van der Waals surface area contributed by atoms with Gasteiger partial charge in [0.25, 0.3) is 0 Å². The van der Waals surface area contributed by atoms with Gasteiger partial charge in [-0.2, -0.15) is 0 Å². The molecule has 0 unspecified atom stereocenters. The van der Waals surface area contributed by atoms with Gasteiger partial charge in [0.15, 0.2) is 0 Å². The zero-order valence-corrected chi connectivity index (χ0v) is 12.5. The fourth-order valence-corrected chi connectivity index (χ4v) is 3.09. The lowest BCUT2D eigenvalue weighted by Crippen LogP contribution is -2.36. The number of rotatable bonds is 4. The molecule has 0 radical (unpaired) electrons. The second-order valence-electron chi connectivity index (χ2n) is 5.65. The first kappa shape index (κ1) is 15.2. The van der Waals surface area contributed by atoms with Gasteiger partial charge in [-0.15, -0.1) is 0 Å². The number of hydrogen-bond acceptors (Lipinski definition) is 4. The largest absolute Gasteiger partial charge is 0.330 e. The lowest BCUT2D eigenvalue weighted by atomic mass is 9.72. The van der Waals surface area contributed by atoms with E-state index < -0.39 is 0 Å². The van der Waals surface area contributed by atoms with Crippen molar-refractivity contribution in [2.45, 2.75) is 45.4 Å². The van der Waals surface area contributed by atoms with E-state index in [0.29, 0.717) is 18.1 Å². The Morgan fingerprint density at radius 1 is 1.40 bits per heavy atom. The molecule has 0 aliphatic heterocycles. The Morgan fingerprint density at radius 3 is 2.70 bits per heavy atom. The highest BCUT2D eigenvalue weighted by molar-refractivity contribution is 6.29. The number of hydrogen-bond donors (Lipinski definition) is 2. The molecule has 110 valence electrons. The Labute approximate surface area is 124 Å². The predicted octanol–water partition coefficient (Wildman–Crippen LogP) is 2.68. The van der Waals surface area contributed by atoms with Crippen LogP contribution in [-0.2, 0) is 4.79 Å². The van der Waals surface area contributed by atoms with E-state index in [9.17, 15) is 4.79 Å². The van der Waals surface area contributed by atoms with Gasteiger partial charge in [-0.1, -0.05) is 30.9 Å². The Balaban J connectivity index is 2.00. The van der Waals surface area contributed by atoms with E-state index >= 15 is 0 Å². The maximum Gasteiger partial charge on any atom is 0.231 e. The number of nitrogens with two attached hydrogens (primary N) is 1. The first-order valence-electron chi connectivity index (χ1n) is 7.04. The van der Waals surface area contributed by atoms with Crippen LogP contribution in [0.3, 0.4) is 0 Å². The average Bonchev–Trinajstić information content (AvgIpc) is 2.38. The van der Waals surface area contributed by atoms with Gasteiger partial charge < -0.3 is 5.73 Å². The number of aryl methyl sites for hydroxylation is 1. The van der Waals surface area contributed by atoms with Crippen LogP contribution in [0.2, 0.25) is 5.15 Å². The molecule has 1 aliphatic carbocycles. The fourth-order valence-electron chi connectivity index (χ4n) is 2.85. The summed E-state index contributed by atoms with van der Waals surface area (Å²) in [6.07, 6.45) is 6.01. The van der Waals surface area contributed by atoms with E-state index in [0.717, 1.165) is 31.4 Å². The quantitative estimate of drug-likeness (QED) is 0.837. The molecule has 20 heavy (non-hydrogen) atoms. The number of amides is 1. The number of carbonyl (C=O) groups excluding carboxylic acids is 1. The maximum atomic E-state index is 12.2. The fraction of sp³-hybridized carbons (Fsp3) is 0.643. The topological polar surface area (TPSA) is 80.9 Å². The summed E-state index contributed by atoms with van der Waals surface area (Å²) in [6, 6.07) is 1.65. The Morgan fingerprint density at radius 2 is 2.10 bits per heavy atom. The smallest absolute Gasteiger partial charge is 0.231 e. The van der Waals surface area contributed by atoms with Gasteiger partial charge in [0.2, 0.25) is 11.9 Å². The molecule has 1 saturated carbocycles. The monoisotopic (exact) mass is 296 g/mol. The highest BCUT2D eigenvalue weighted by Gasteiger charge is 2.33. The molecule has 1 amide bonds. The van der Waals surface area contributed by atoms with Gasteiger partial charge in [0.1, 0.15) is 5.15 Å².